The Balaban J connectivity index is 3.14. The fourth-order valence-electron chi connectivity index (χ4n) is 1.07. The van der Waals surface area contributed by atoms with Gasteiger partial charge in [0.05, 0.1) is 9.88 Å². The van der Waals surface area contributed by atoms with Crippen molar-refractivity contribution in [3.05, 3.63) is 16.1 Å². The minimum absolute atomic E-state index is 0.148. The maximum Gasteiger partial charge on any atom is 0.422 e. The van der Waals surface area contributed by atoms with E-state index < -0.39 is 18.2 Å². The van der Waals surface area contributed by atoms with Gasteiger partial charge in [-0.2, -0.15) is 13.2 Å². The van der Waals surface area contributed by atoms with Crippen LogP contribution in [0.3, 0.4) is 0 Å². The van der Waals surface area contributed by atoms with Gasteiger partial charge in [-0.05, 0) is 13.3 Å². The predicted octanol–water partition coefficient (Wildman–Crippen LogP) is 2.61. The zero-order chi connectivity index (χ0) is 11.0. The van der Waals surface area contributed by atoms with E-state index in [0.717, 1.165) is 17.5 Å². The second kappa shape index (κ2) is 3.51. The van der Waals surface area contributed by atoms with Crippen LogP contribution < -0.4 is 0 Å². The molecule has 0 radical (unpaired) electrons. The monoisotopic (exact) mass is 225 g/mol. The van der Waals surface area contributed by atoms with Crippen molar-refractivity contribution in [1.29, 1.82) is 0 Å². The molecule has 0 fully saturated rings. The highest BCUT2D eigenvalue weighted by molar-refractivity contribution is 7.11. The summed E-state index contributed by atoms with van der Waals surface area (Å²) in [7, 11) is 0. The summed E-state index contributed by atoms with van der Waals surface area (Å²) in [6.07, 6.45) is -3.98. The first kappa shape index (κ1) is 11.5. The van der Waals surface area contributed by atoms with Gasteiger partial charge in [0.25, 0.3) is 0 Å². The van der Waals surface area contributed by atoms with Crippen LogP contribution in [0.4, 0.5) is 13.2 Å². The van der Waals surface area contributed by atoms with E-state index in [9.17, 15) is 18.3 Å². The van der Waals surface area contributed by atoms with Crippen LogP contribution in [0.1, 0.15) is 23.2 Å². The third-order valence-corrected chi connectivity index (χ3v) is 3.07. The van der Waals surface area contributed by atoms with E-state index in [1.807, 2.05) is 0 Å². The molecule has 0 aliphatic rings. The fraction of sp³-hybridized carbons (Fsp3) is 0.625. The quantitative estimate of drug-likeness (QED) is 0.839. The first-order valence-electron chi connectivity index (χ1n) is 4.03. The van der Waals surface area contributed by atoms with Crippen LogP contribution in [0.15, 0.2) is 6.20 Å². The van der Waals surface area contributed by atoms with Gasteiger partial charge >= 0.3 is 6.18 Å². The highest BCUT2D eigenvalue weighted by Crippen LogP contribution is 2.43. The molecule has 1 aromatic heterocycles. The molecule has 0 aromatic carbocycles. The Bertz CT molecular complexity index is 323. The number of aryl methyl sites for hydroxylation is 1. The summed E-state index contributed by atoms with van der Waals surface area (Å²) in [5, 5.41) is 10.00. The summed E-state index contributed by atoms with van der Waals surface area (Å²) in [6.45, 7) is 2.89. The number of hydrogen-bond donors (Lipinski definition) is 1. The second-order valence-electron chi connectivity index (χ2n) is 2.96. The largest absolute Gasteiger partial charge is 0.422 e. The van der Waals surface area contributed by atoms with Crippen LogP contribution in [-0.4, -0.2) is 16.3 Å². The SMILES string of the molecule is CCC(O)(c1cnc(C)s1)C(F)(F)F. The summed E-state index contributed by atoms with van der Waals surface area (Å²) in [5.74, 6) is 0. The molecule has 6 heteroatoms. The van der Waals surface area contributed by atoms with Gasteiger partial charge in [-0.3, -0.25) is 0 Å². The average Bonchev–Trinajstić information content (AvgIpc) is 2.48. The normalized spacial score (nSPS) is 16.7. The Kier molecular flexibility index (Phi) is 2.87. The Labute approximate surface area is 83.4 Å². The first-order valence-corrected chi connectivity index (χ1v) is 4.85. The zero-order valence-corrected chi connectivity index (χ0v) is 8.54. The van der Waals surface area contributed by atoms with Gasteiger partial charge in [-0.25, -0.2) is 4.98 Å². The molecule has 1 aromatic rings. The summed E-state index contributed by atoms with van der Waals surface area (Å²) >= 11 is 0.865. The lowest BCUT2D eigenvalue weighted by atomic mass is 9.99. The molecule has 0 spiro atoms. The van der Waals surface area contributed by atoms with E-state index in [2.05, 4.69) is 4.98 Å². The molecule has 1 N–H and O–H groups in total. The van der Waals surface area contributed by atoms with Gasteiger partial charge < -0.3 is 5.11 Å². The number of halogens is 3. The van der Waals surface area contributed by atoms with Crippen LogP contribution in [0.25, 0.3) is 0 Å². The predicted molar refractivity (Wildman–Crippen MR) is 47.1 cm³/mol. The standard InChI is InChI=1S/C8H10F3NOS/c1-3-7(13,8(9,10)11)6-4-12-5(2)14-6/h4,13H,3H2,1-2H3. The van der Waals surface area contributed by atoms with Crippen LogP contribution >= 0.6 is 11.3 Å². The number of alkyl halides is 3. The molecule has 0 saturated carbocycles. The molecule has 14 heavy (non-hydrogen) atoms. The third-order valence-electron chi connectivity index (χ3n) is 2.01. The first-order chi connectivity index (χ1) is 6.31. The topological polar surface area (TPSA) is 33.1 Å². The van der Waals surface area contributed by atoms with Gasteiger partial charge in [0.15, 0.2) is 5.60 Å². The number of thiazole rings is 1. The fourth-order valence-corrected chi connectivity index (χ4v) is 2.02. The van der Waals surface area contributed by atoms with Gasteiger partial charge in [0.2, 0.25) is 0 Å². The van der Waals surface area contributed by atoms with Crippen molar-refractivity contribution in [1.82, 2.24) is 4.98 Å². The zero-order valence-electron chi connectivity index (χ0n) is 7.72. The molecule has 0 amide bonds. The van der Waals surface area contributed by atoms with Crippen molar-refractivity contribution in [3.8, 4) is 0 Å². The number of aromatic nitrogens is 1. The Morgan fingerprint density at radius 2 is 2.07 bits per heavy atom. The minimum atomic E-state index is -4.65. The molecule has 0 saturated heterocycles. The van der Waals surface area contributed by atoms with Crippen molar-refractivity contribution < 1.29 is 18.3 Å². The molecule has 0 bridgehead atoms. The number of aliphatic hydroxyl groups is 1. The summed E-state index contributed by atoms with van der Waals surface area (Å²) in [4.78, 5) is 3.55. The van der Waals surface area contributed by atoms with Gasteiger partial charge in [-0.1, -0.05) is 6.92 Å². The highest BCUT2D eigenvalue weighted by atomic mass is 32.1. The van der Waals surface area contributed by atoms with E-state index in [0.29, 0.717) is 5.01 Å². The third kappa shape index (κ3) is 1.76. The molecule has 1 atom stereocenters. The van der Waals surface area contributed by atoms with E-state index in [1.54, 1.807) is 6.92 Å². The van der Waals surface area contributed by atoms with Gasteiger partial charge in [0, 0.05) is 6.20 Å². The summed E-state index contributed by atoms with van der Waals surface area (Å²) < 4.78 is 37.6. The van der Waals surface area contributed by atoms with Crippen LogP contribution in [0.5, 0.6) is 0 Å². The molecule has 0 aliphatic carbocycles. The van der Waals surface area contributed by atoms with E-state index in [4.69, 9.17) is 0 Å². The van der Waals surface area contributed by atoms with Crippen LogP contribution in [0.2, 0.25) is 0 Å². The average molecular weight is 225 g/mol. The van der Waals surface area contributed by atoms with Crippen molar-refractivity contribution >= 4 is 11.3 Å². The van der Waals surface area contributed by atoms with Crippen molar-refractivity contribution in [2.24, 2.45) is 0 Å². The number of rotatable bonds is 2. The maximum atomic E-state index is 12.5. The van der Waals surface area contributed by atoms with Crippen LogP contribution in [0, 0.1) is 6.92 Å². The molecule has 0 aliphatic heterocycles. The Morgan fingerprint density at radius 1 is 1.50 bits per heavy atom. The molecule has 80 valence electrons. The van der Waals surface area contributed by atoms with Crippen LogP contribution in [-0.2, 0) is 5.60 Å². The lowest BCUT2D eigenvalue weighted by Crippen LogP contribution is -2.40. The number of nitrogens with zero attached hydrogens (tertiary/aromatic N) is 1. The van der Waals surface area contributed by atoms with Gasteiger partial charge in [0.1, 0.15) is 0 Å². The van der Waals surface area contributed by atoms with Crippen molar-refractivity contribution in [2.75, 3.05) is 0 Å². The summed E-state index contributed by atoms with van der Waals surface area (Å²) in [6, 6.07) is 0. The van der Waals surface area contributed by atoms with Gasteiger partial charge in [-0.15, -0.1) is 11.3 Å². The Hall–Kier alpha value is -0.620. The van der Waals surface area contributed by atoms with E-state index >= 15 is 0 Å². The Morgan fingerprint density at radius 3 is 2.36 bits per heavy atom. The summed E-state index contributed by atoms with van der Waals surface area (Å²) in [5.41, 5.74) is -2.75. The maximum absolute atomic E-state index is 12.5. The molecular weight excluding hydrogens is 215 g/mol. The molecular formula is C8H10F3NOS. The lowest BCUT2D eigenvalue weighted by Gasteiger charge is -2.27. The molecule has 1 heterocycles. The molecule has 1 unspecified atom stereocenters. The smallest absolute Gasteiger partial charge is 0.376 e. The molecule has 1 rings (SSSR count). The van der Waals surface area contributed by atoms with Crippen molar-refractivity contribution in [2.45, 2.75) is 32.0 Å². The highest BCUT2D eigenvalue weighted by Gasteiger charge is 2.54. The number of hydrogen-bond acceptors (Lipinski definition) is 3. The lowest BCUT2D eigenvalue weighted by molar-refractivity contribution is -0.266. The minimum Gasteiger partial charge on any atom is -0.376 e. The second-order valence-corrected chi connectivity index (χ2v) is 4.19. The van der Waals surface area contributed by atoms with E-state index in [-0.39, 0.29) is 4.88 Å². The van der Waals surface area contributed by atoms with E-state index in [1.165, 1.54) is 6.92 Å². The van der Waals surface area contributed by atoms with Crippen molar-refractivity contribution in [3.63, 3.8) is 0 Å². The molecule has 2 nitrogen and oxygen atoms in total.